The van der Waals surface area contributed by atoms with Crippen LogP contribution >= 0.6 is 34.0 Å². The molecule has 0 saturated carbocycles. The van der Waals surface area contributed by atoms with E-state index in [0.29, 0.717) is 12.4 Å². The molecule has 0 N–H and O–H groups in total. The SMILES string of the molecule is CSCCOc1ccc(S(=O)(=O)Cl)cc1Cl. The van der Waals surface area contributed by atoms with Crippen molar-refractivity contribution in [2.75, 3.05) is 18.6 Å². The first-order chi connectivity index (χ1) is 7.45. The molecule has 1 aromatic carbocycles. The number of hydrogen-bond acceptors (Lipinski definition) is 4. The third kappa shape index (κ3) is 4.05. The molecule has 16 heavy (non-hydrogen) atoms. The Bertz CT molecular complexity index is 460. The normalized spacial score (nSPS) is 11.4. The van der Waals surface area contributed by atoms with Crippen molar-refractivity contribution >= 4 is 43.1 Å². The molecule has 1 rings (SSSR count). The van der Waals surface area contributed by atoms with E-state index < -0.39 is 9.05 Å². The summed E-state index contributed by atoms with van der Waals surface area (Å²) in [6.07, 6.45) is 1.97. The van der Waals surface area contributed by atoms with Gasteiger partial charge in [0.15, 0.2) is 0 Å². The van der Waals surface area contributed by atoms with Gasteiger partial charge < -0.3 is 4.74 Å². The molecule has 90 valence electrons. The first kappa shape index (κ1) is 14.0. The van der Waals surface area contributed by atoms with E-state index in [-0.39, 0.29) is 9.92 Å². The fourth-order valence-corrected chi connectivity index (χ4v) is 2.31. The predicted octanol–water partition coefficient (Wildman–Crippen LogP) is 3.01. The zero-order valence-electron chi connectivity index (χ0n) is 8.44. The Labute approximate surface area is 108 Å². The summed E-state index contributed by atoms with van der Waals surface area (Å²) in [7, 11) is 1.44. The highest BCUT2D eigenvalue weighted by Crippen LogP contribution is 2.28. The second-order valence-corrected chi connectivity index (χ2v) is 6.83. The van der Waals surface area contributed by atoms with Gasteiger partial charge in [-0.1, -0.05) is 11.6 Å². The molecule has 0 saturated heterocycles. The molecule has 0 atom stereocenters. The van der Waals surface area contributed by atoms with Gasteiger partial charge in [0.05, 0.1) is 16.5 Å². The topological polar surface area (TPSA) is 43.4 Å². The highest BCUT2D eigenvalue weighted by molar-refractivity contribution is 8.13. The molecule has 0 amide bonds. The van der Waals surface area contributed by atoms with Crippen LogP contribution in [0.25, 0.3) is 0 Å². The van der Waals surface area contributed by atoms with Crippen molar-refractivity contribution in [3.63, 3.8) is 0 Å². The molecule has 0 aliphatic carbocycles. The van der Waals surface area contributed by atoms with Crippen molar-refractivity contribution in [3.8, 4) is 5.75 Å². The molecular weight excluding hydrogens is 291 g/mol. The maximum absolute atomic E-state index is 11.0. The monoisotopic (exact) mass is 300 g/mol. The second-order valence-electron chi connectivity index (χ2n) is 2.87. The number of ether oxygens (including phenoxy) is 1. The molecule has 3 nitrogen and oxygen atoms in total. The highest BCUT2D eigenvalue weighted by Gasteiger charge is 2.12. The number of halogens is 2. The molecule has 0 radical (unpaired) electrons. The smallest absolute Gasteiger partial charge is 0.261 e. The van der Waals surface area contributed by atoms with Crippen LogP contribution in [0.2, 0.25) is 5.02 Å². The fourth-order valence-electron chi connectivity index (χ4n) is 0.985. The van der Waals surface area contributed by atoms with Crippen LogP contribution in [-0.4, -0.2) is 27.0 Å². The Morgan fingerprint density at radius 1 is 1.44 bits per heavy atom. The Morgan fingerprint density at radius 3 is 2.62 bits per heavy atom. The van der Waals surface area contributed by atoms with E-state index >= 15 is 0 Å². The molecule has 0 fully saturated rings. The minimum Gasteiger partial charge on any atom is -0.491 e. The summed E-state index contributed by atoms with van der Waals surface area (Å²) in [6.45, 7) is 0.522. The summed E-state index contributed by atoms with van der Waals surface area (Å²) < 4.78 is 27.4. The van der Waals surface area contributed by atoms with Crippen molar-refractivity contribution in [3.05, 3.63) is 23.2 Å². The standard InChI is InChI=1S/C9H10Cl2O3S2/c1-15-5-4-14-9-3-2-7(6-8(9)10)16(11,12)13/h2-3,6H,4-5H2,1H3. The minimum atomic E-state index is -3.74. The second kappa shape index (κ2) is 6.00. The van der Waals surface area contributed by atoms with Crippen LogP contribution in [0.15, 0.2) is 23.1 Å². The van der Waals surface area contributed by atoms with Crippen molar-refractivity contribution in [1.29, 1.82) is 0 Å². The molecular formula is C9H10Cl2O3S2. The highest BCUT2D eigenvalue weighted by atomic mass is 35.7. The first-order valence-corrected chi connectivity index (χ1v) is 8.39. The molecule has 7 heteroatoms. The molecule has 1 aromatic rings. The summed E-state index contributed by atoms with van der Waals surface area (Å²) in [6, 6.07) is 4.14. The van der Waals surface area contributed by atoms with Gasteiger partial charge in [-0.15, -0.1) is 0 Å². The fraction of sp³-hybridized carbons (Fsp3) is 0.333. The number of hydrogen-bond donors (Lipinski definition) is 0. The lowest BCUT2D eigenvalue weighted by molar-refractivity contribution is 0.344. The summed E-state index contributed by atoms with van der Waals surface area (Å²) in [5.41, 5.74) is 0. The van der Waals surface area contributed by atoms with Crippen LogP contribution < -0.4 is 4.74 Å². The number of thioether (sulfide) groups is 1. The lowest BCUT2D eigenvalue weighted by atomic mass is 10.3. The van der Waals surface area contributed by atoms with Crippen LogP contribution in [0.5, 0.6) is 5.75 Å². The maximum Gasteiger partial charge on any atom is 0.261 e. The van der Waals surface area contributed by atoms with Gasteiger partial charge in [-0.05, 0) is 24.5 Å². The zero-order chi connectivity index (χ0) is 12.2. The van der Waals surface area contributed by atoms with Crippen LogP contribution in [0.4, 0.5) is 0 Å². The summed E-state index contributed by atoms with van der Waals surface area (Å²) in [4.78, 5) is -0.0311. The molecule has 0 bridgehead atoms. The first-order valence-electron chi connectivity index (χ1n) is 4.31. The van der Waals surface area contributed by atoms with Crippen molar-refractivity contribution < 1.29 is 13.2 Å². The number of benzene rings is 1. The lowest BCUT2D eigenvalue weighted by Crippen LogP contribution is -2.00. The maximum atomic E-state index is 11.0. The molecule has 0 aliphatic rings. The average molecular weight is 301 g/mol. The van der Waals surface area contributed by atoms with Gasteiger partial charge in [0, 0.05) is 16.4 Å². The third-order valence-corrected chi connectivity index (χ3v) is 3.95. The quantitative estimate of drug-likeness (QED) is 0.619. The van der Waals surface area contributed by atoms with E-state index in [4.69, 9.17) is 27.0 Å². The predicted molar refractivity (Wildman–Crippen MR) is 68.4 cm³/mol. The molecule has 0 spiro atoms. The van der Waals surface area contributed by atoms with Crippen molar-refractivity contribution in [2.45, 2.75) is 4.90 Å². The van der Waals surface area contributed by atoms with Gasteiger partial charge in [0.25, 0.3) is 9.05 Å². The largest absolute Gasteiger partial charge is 0.491 e. The van der Waals surface area contributed by atoms with E-state index in [1.54, 1.807) is 11.8 Å². The van der Waals surface area contributed by atoms with Crippen LogP contribution in [0.1, 0.15) is 0 Å². The van der Waals surface area contributed by atoms with Gasteiger partial charge in [0.1, 0.15) is 5.75 Å². The van der Waals surface area contributed by atoms with E-state index in [2.05, 4.69) is 0 Å². The van der Waals surface area contributed by atoms with Gasteiger partial charge in [-0.25, -0.2) is 8.42 Å². The average Bonchev–Trinajstić information content (AvgIpc) is 2.19. The van der Waals surface area contributed by atoms with Crippen LogP contribution in [-0.2, 0) is 9.05 Å². The van der Waals surface area contributed by atoms with Crippen LogP contribution in [0, 0.1) is 0 Å². The van der Waals surface area contributed by atoms with E-state index in [0.717, 1.165) is 5.75 Å². The summed E-state index contributed by atoms with van der Waals surface area (Å²) >= 11 is 7.51. The van der Waals surface area contributed by atoms with E-state index in [1.807, 2.05) is 6.26 Å². The van der Waals surface area contributed by atoms with E-state index in [9.17, 15) is 8.42 Å². The Morgan fingerprint density at radius 2 is 2.12 bits per heavy atom. The van der Waals surface area contributed by atoms with Gasteiger partial charge in [-0.2, -0.15) is 11.8 Å². The summed E-state index contributed by atoms with van der Waals surface area (Å²) in [5, 5.41) is 0.239. The van der Waals surface area contributed by atoms with Crippen LogP contribution in [0.3, 0.4) is 0 Å². The molecule has 0 aromatic heterocycles. The third-order valence-electron chi connectivity index (χ3n) is 1.73. The van der Waals surface area contributed by atoms with Crippen molar-refractivity contribution in [1.82, 2.24) is 0 Å². The lowest BCUT2D eigenvalue weighted by Gasteiger charge is -2.07. The summed E-state index contributed by atoms with van der Waals surface area (Å²) in [5.74, 6) is 1.30. The number of rotatable bonds is 5. The molecule has 0 heterocycles. The van der Waals surface area contributed by atoms with Crippen molar-refractivity contribution in [2.24, 2.45) is 0 Å². The Kier molecular flexibility index (Phi) is 5.24. The molecule has 0 unspecified atom stereocenters. The Hall–Kier alpha value is -0.100. The van der Waals surface area contributed by atoms with Gasteiger partial charge in [-0.3, -0.25) is 0 Å². The van der Waals surface area contributed by atoms with Gasteiger partial charge in [0.2, 0.25) is 0 Å². The van der Waals surface area contributed by atoms with E-state index in [1.165, 1.54) is 18.2 Å². The Balaban J connectivity index is 2.84. The van der Waals surface area contributed by atoms with Gasteiger partial charge >= 0.3 is 0 Å². The zero-order valence-corrected chi connectivity index (χ0v) is 11.6. The minimum absolute atomic E-state index is 0.0311. The molecule has 0 aliphatic heterocycles.